The number of nitrogens with zero attached hydrogens (tertiary/aromatic N) is 5. The lowest BCUT2D eigenvalue weighted by Gasteiger charge is -2.36. The molecule has 7 nitrogen and oxygen atoms in total. The van der Waals surface area contributed by atoms with E-state index in [4.69, 9.17) is 10.7 Å². The molecule has 0 radical (unpaired) electrons. The number of halogens is 3. The highest BCUT2D eigenvalue weighted by molar-refractivity contribution is 5.64. The third-order valence-corrected chi connectivity index (χ3v) is 8.68. The summed E-state index contributed by atoms with van der Waals surface area (Å²) in [5.41, 5.74) is 6.96. The zero-order valence-corrected chi connectivity index (χ0v) is 18.4. The third-order valence-electron chi connectivity index (χ3n) is 8.68. The molecule has 5 atom stereocenters. The number of alkyl halides is 3. The second-order valence-corrected chi connectivity index (χ2v) is 10.5. The summed E-state index contributed by atoms with van der Waals surface area (Å²) in [4.78, 5) is 13.9. The molecule has 5 aliphatic carbocycles. The summed E-state index contributed by atoms with van der Waals surface area (Å²) in [5, 5.41) is 0. The first-order valence-electron chi connectivity index (χ1n) is 11.8. The Morgan fingerprint density at radius 2 is 1.91 bits per heavy atom. The molecule has 2 aromatic heterocycles. The molecule has 1 unspecified atom stereocenters. The molecule has 10 heteroatoms. The van der Waals surface area contributed by atoms with Crippen molar-refractivity contribution in [3.05, 3.63) is 24.3 Å². The van der Waals surface area contributed by atoms with E-state index in [0.717, 1.165) is 50.8 Å². The molecule has 6 fully saturated rings. The molecular formula is C23H27F3N6O. The molecule has 2 bridgehead atoms. The number of nitrogens with two attached hydrogens (primary N) is 1. The maximum atomic E-state index is 12.8. The molecule has 5 saturated carbocycles. The van der Waals surface area contributed by atoms with Gasteiger partial charge in [0, 0.05) is 62.0 Å². The Hall–Kier alpha value is -2.33. The number of ether oxygens (including phenoxy) is 1. The van der Waals surface area contributed by atoms with Gasteiger partial charge in [-0.1, -0.05) is 0 Å². The van der Waals surface area contributed by atoms with Gasteiger partial charge in [-0.05, 0) is 44.2 Å². The van der Waals surface area contributed by atoms with Crippen LogP contribution in [-0.4, -0.2) is 70.0 Å². The van der Waals surface area contributed by atoms with Crippen molar-refractivity contribution in [1.82, 2.24) is 24.3 Å². The fourth-order valence-electron chi connectivity index (χ4n) is 6.92. The zero-order valence-electron chi connectivity index (χ0n) is 18.4. The standard InChI is InChI=1S/C23H27F3N6O/c1-30-4-6-31(7-5-30)16-9-14-18-19(16)22(14,18)32-11-15(29-21(32)12-2-3-12)13-8-17(20(27)28-10-13)33-23(24,25)26/h8,10-12,14,16,18-19H,2-7,9H2,1H3,(H2,27,28)/t14-,16+,18-,19?,22-/m1/s1. The van der Waals surface area contributed by atoms with Crippen LogP contribution in [0.2, 0.25) is 0 Å². The van der Waals surface area contributed by atoms with Crippen LogP contribution in [0.1, 0.15) is 31.0 Å². The Kier molecular flexibility index (Phi) is 3.90. The molecule has 6 aliphatic rings. The molecule has 33 heavy (non-hydrogen) atoms. The van der Waals surface area contributed by atoms with Crippen molar-refractivity contribution in [2.45, 2.75) is 43.1 Å². The van der Waals surface area contributed by atoms with Crippen molar-refractivity contribution in [2.24, 2.45) is 17.8 Å². The van der Waals surface area contributed by atoms with Gasteiger partial charge in [-0.25, -0.2) is 9.97 Å². The topological polar surface area (TPSA) is 72.4 Å². The van der Waals surface area contributed by atoms with Gasteiger partial charge in [0.2, 0.25) is 0 Å². The predicted molar refractivity (Wildman–Crippen MR) is 114 cm³/mol. The van der Waals surface area contributed by atoms with E-state index in [1.165, 1.54) is 18.7 Å². The SMILES string of the molecule is CN1CCN([C@H]2C[C@@H]3[C@@H]4C2[C@@]34n2cc(-c3cnc(N)c(OC(F)(F)F)c3)nc2C2CC2)CC1. The minimum atomic E-state index is -4.82. The first kappa shape index (κ1) is 20.1. The van der Waals surface area contributed by atoms with E-state index in [1.807, 2.05) is 0 Å². The quantitative estimate of drug-likeness (QED) is 0.740. The molecule has 2 N–H and O–H groups in total. The first-order chi connectivity index (χ1) is 15.8. The summed E-state index contributed by atoms with van der Waals surface area (Å²) in [6, 6.07) is 1.95. The van der Waals surface area contributed by atoms with E-state index < -0.39 is 12.1 Å². The van der Waals surface area contributed by atoms with Gasteiger partial charge in [0.15, 0.2) is 11.6 Å². The van der Waals surface area contributed by atoms with Gasteiger partial charge >= 0.3 is 6.36 Å². The Morgan fingerprint density at radius 1 is 1.15 bits per heavy atom. The summed E-state index contributed by atoms with van der Waals surface area (Å²) in [6.45, 7) is 4.52. The number of likely N-dealkylation sites (N-methyl/N-ethyl adjacent to an activating group) is 1. The third kappa shape index (κ3) is 2.89. The van der Waals surface area contributed by atoms with Crippen LogP contribution in [0.15, 0.2) is 18.5 Å². The van der Waals surface area contributed by atoms with Gasteiger partial charge in [0.1, 0.15) is 5.82 Å². The zero-order chi connectivity index (χ0) is 22.7. The van der Waals surface area contributed by atoms with E-state index in [-0.39, 0.29) is 11.4 Å². The van der Waals surface area contributed by atoms with Crippen LogP contribution in [-0.2, 0) is 5.54 Å². The lowest BCUT2D eigenvalue weighted by Crippen LogP contribution is -2.49. The van der Waals surface area contributed by atoms with Gasteiger partial charge in [0.25, 0.3) is 0 Å². The maximum absolute atomic E-state index is 12.8. The minimum Gasteiger partial charge on any atom is -0.402 e. The Morgan fingerprint density at radius 3 is 2.58 bits per heavy atom. The van der Waals surface area contributed by atoms with Gasteiger partial charge in [0.05, 0.1) is 11.2 Å². The lowest BCUT2D eigenvalue weighted by atomic mass is 10.1. The number of rotatable bonds is 5. The predicted octanol–water partition coefficient (Wildman–Crippen LogP) is 2.89. The number of aromatic nitrogens is 3. The minimum absolute atomic E-state index is 0.184. The van der Waals surface area contributed by atoms with E-state index >= 15 is 0 Å². The average molecular weight is 461 g/mol. The summed E-state index contributed by atoms with van der Waals surface area (Å²) < 4.78 is 44.8. The number of hydrogen-bond donors (Lipinski definition) is 1. The summed E-state index contributed by atoms with van der Waals surface area (Å²) in [5.74, 6) is 2.90. The van der Waals surface area contributed by atoms with Crippen LogP contribution < -0.4 is 10.5 Å². The van der Waals surface area contributed by atoms with Gasteiger partial charge < -0.3 is 19.9 Å². The number of hydrogen-bond acceptors (Lipinski definition) is 6. The van der Waals surface area contributed by atoms with Crippen LogP contribution in [0.3, 0.4) is 0 Å². The van der Waals surface area contributed by atoms with Crippen LogP contribution in [0, 0.1) is 17.8 Å². The smallest absolute Gasteiger partial charge is 0.402 e. The number of imidazole rings is 1. The highest BCUT2D eigenvalue weighted by Crippen LogP contribution is 2.89. The molecule has 8 rings (SSSR count). The van der Waals surface area contributed by atoms with Crippen molar-refractivity contribution in [2.75, 3.05) is 39.0 Å². The van der Waals surface area contributed by atoms with Gasteiger partial charge in [-0.2, -0.15) is 0 Å². The summed E-state index contributed by atoms with van der Waals surface area (Å²) in [6.07, 6.45) is 2.21. The molecule has 2 aromatic rings. The van der Waals surface area contributed by atoms with Gasteiger partial charge in [-0.15, -0.1) is 13.2 Å². The summed E-state index contributed by atoms with van der Waals surface area (Å²) in [7, 11) is 2.19. The fraction of sp³-hybridized carbons (Fsp3) is 0.652. The van der Waals surface area contributed by atoms with Crippen LogP contribution in [0.25, 0.3) is 11.3 Å². The monoisotopic (exact) mass is 460 g/mol. The summed E-state index contributed by atoms with van der Waals surface area (Å²) >= 11 is 0. The number of nitrogen functional groups attached to an aromatic ring is 1. The van der Waals surface area contributed by atoms with E-state index in [9.17, 15) is 13.2 Å². The molecule has 3 heterocycles. The number of fused-ring (bicyclic) bond motifs is 1. The second-order valence-electron chi connectivity index (χ2n) is 10.5. The molecule has 0 aromatic carbocycles. The molecular weight excluding hydrogens is 433 g/mol. The van der Waals surface area contributed by atoms with Crippen molar-refractivity contribution in [1.29, 1.82) is 0 Å². The second kappa shape index (κ2) is 6.41. The fourth-order valence-corrected chi connectivity index (χ4v) is 6.92. The van der Waals surface area contributed by atoms with Crippen molar-refractivity contribution in [3.63, 3.8) is 0 Å². The van der Waals surface area contributed by atoms with E-state index in [0.29, 0.717) is 35.1 Å². The maximum Gasteiger partial charge on any atom is 0.573 e. The highest BCUT2D eigenvalue weighted by atomic mass is 19.4. The first-order valence-corrected chi connectivity index (χ1v) is 11.8. The number of piperazine rings is 1. The molecule has 0 spiro atoms. The Bertz CT molecular complexity index is 1120. The van der Waals surface area contributed by atoms with Crippen LogP contribution in [0.4, 0.5) is 19.0 Å². The Labute approximate surface area is 189 Å². The Balaban J connectivity index is 1.19. The van der Waals surface area contributed by atoms with Crippen molar-refractivity contribution >= 4 is 5.82 Å². The normalized spacial score (nSPS) is 35.5. The van der Waals surface area contributed by atoms with Gasteiger partial charge in [-0.3, -0.25) is 4.90 Å². The molecule has 176 valence electrons. The van der Waals surface area contributed by atoms with Crippen molar-refractivity contribution < 1.29 is 17.9 Å². The van der Waals surface area contributed by atoms with Crippen molar-refractivity contribution in [3.8, 4) is 17.0 Å². The lowest BCUT2D eigenvalue weighted by molar-refractivity contribution is -0.274. The average Bonchev–Trinajstić information content (AvgIpc) is 3.71. The van der Waals surface area contributed by atoms with E-state index in [2.05, 4.69) is 37.3 Å². The molecule has 1 aliphatic heterocycles. The molecule has 1 saturated heterocycles. The number of pyridine rings is 1. The van der Waals surface area contributed by atoms with Crippen LogP contribution >= 0.6 is 0 Å². The molecule has 0 amide bonds. The van der Waals surface area contributed by atoms with Crippen LogP contribution in [0.5, 0.6) is 5.75 Å². The largest absolute Gasteiger partial charge is 0.573 e. The van der Waals surface area contributed by atoms with E-state index in [1.54, 1.807) is 0 Å². The number of anilines is 1. The highest BCUT2D eigenvalue weighted by Gasteiger charge is 2.94.